The summed E-state index contributed by atoms with van der Waals surface area (Å²) in [5.41, 5.74) is 0. The van der Waals surface area contributed by atoms with Crippen molar-refractivity contribution in [2.75, 3.05) is 13.7 Å². The van der Waals surface area contributed by atoms with E-state index in [1.807, 2.05) is 0 Å². The molecule has 0 heterocycles. The summed E-state index contributed by atoms with van der Waals surface area (Å²) in [6.45, 7) is 3.18. The fourth-order valence-corrected chi connectivity index (χ4v) is 2.23. The number of hydrogen-bond donors (Lipinski definition) is 0. The third-order valence-electron chi connectivity index (χ3n) is 3.55. The van der Waals surface area contributed by atoms with Gasteiger partial charge in [-0.05, 0) is 38.5 Å². The van der Waals surface area contributed by atoms with Crippen molar-refractivity contribution >= 4 is 0 Å². The number of hydrogen-bond acceptors (Lipinski definition) is 1. The van der Waals surface area contributed by atoms with Crippen LogP contribution >= 0.6 is 0 Å². The molecule has 0 aliphatic heterocycles. The topological polar surface area (TPSA) is 9.23 Å². The van der Waals surface area contributed by atoms with Crippen molar-refractivity contribution < 1.29 is 4.74 Å². The van der Waals surface area contributed by atoms with Crippen molar-refractivity contribution in [1.82, 2.24) is 0 Å². The largest absolute Gasteiger partial charge is 0.385 e. The summed E-state index contributed by atoms with van der Waals surface area (Å²) in [6, 6.07) is 0. The lowest BCUT2D eigenvalue weighted by Gasteiger charge is -2.00. The second kappa shape index (κ2) is 18.4. The molecule has 118 valence electrons. The van der Waals surface area contributed by atoms with E-state index in [-0.39, 0.29) is 0 Å². The van der Waals surface area contributed by atoms with Gasteiger partial charge in [0.1, 0.15) is 0 Å². The Morgan fingerprint density at radius 2 is 1.20 bits per heavy atom. The number of unbranched alkanes of at least 4 members (excludes halogenated alkanes) is 9. The van der Waals surface area contributed by atoms with Crippen molar-refractivity contribution in [3.8, 4) is 0 Å². The molecule has 0 atom stereocenters. The van der Waals surface area contributed by atoms with E-state index in [1.165, 1.54) is 70.6 Å². The Kier molecular flexibility index (Phi) is 17.9. The molecule has 0 radical (unpaired) electrons. The van der Waals surface area contributed by atoms with Gasteiger partial charge in [0, 0.05) is 13.7 Å². The molecule has 0 aliphatic carbocycles. The van der Waals surface area contributed by atoms with Crippen molar-refractivity contribution in [2.24, 2.45) is 0 Å². The molecule has 1 nitrogen and oxygen atoms in total. The zero-order valence-electron chi connectivity index (χ0n) is 13.9. The summed E-state index contributed by atoms with van der Waals surface area (Å²) in [4.78, 5) is 0. The maximum atomic E-state index is 5.05. The average Bonchev–Trinajstić information content (AvgIpc) is 2.47. The Bertz CT molecular complexity index is 218. The average molecular weight is 280 g/mol. The molecule has 0 fully saturated rings. The Labute approximate surface area is 127 Å². The van der Waals surface area contributed by atoms with Crippen molar-refractivity contribution in [1.29, 1.82) is 0 Å². The minimum absolute atomic E-state index is 0.925. The highest BCUT2D eigenvalue weighted by atomic mass is 16.5. The first-order chi connectivity index (χ1) is 9.91. The van der Waals surface area contributed by atoms with Crippen LogP contribution in [-0.2, 0) is 4.74 Å². The first-order valence-electron chi connectivity index (χ1n) is 8.70. The Balaban J connectivity index is 3.12. The van der Waals surface area contributed by atoms with Gasteiger partial charge in [0.2, 0.25) is 0 Å². The predicted octanol–water partition coefficient (Wildman–Crippen LogP) is 6.45. The highest BCUT2D eigenvalue weighted by molar-refractivity contribution is 4.92. The Hall–Kier alpha value is -0.560. The van der Waals surface area contributed by atoms with Crippen molar-refractivity contribution in [3.05, 3.63) is 24.3 Å². The molecule has 0 aromatic carbocycles. The van der Waals surface area contributed by atoms with Gasteiger partial charge in [0.15, 0.2) is 0 Å². The lowest BCUT2D eigenvalue weighted by atomic mass is 10.1. The fraction of sp³-hybridized carbons (Fsp3) is 0.789. The van der Waals surface area contributed by atoms with Gasteiger partial charge in [-0.1, -0.05) is 69.8 Å². The minimum Gasteiger partial charge on any atom is -0.385 e. The van der Waals surface area contributed by atoms with Gasteiger partial charge in [-0.25, -0.2) is 0 Å². The molecular weight excluding hydrogens is 244 g/mol. The summed E-state index contributed by atoms with van der Waals surface area (Å²) >= 11 is 0. The second-order valence-electron chi connectivity index (χ2n) is 5.58. The fourth-order valence-electron chi connectivity index (χ4n) is 2.23. The molecule has 0 bridgehead atoms. The quantitative estimate of drug-likeness (QED) is 0.247. The monoisotopic (exact) mass is 280 g/mol. The van der Waals surface area contributed by atoms with E-state index < -0.39 is 0 Å². The molecular formula is C19H36O. The summed E-state index contributed by atoms with van der Waals surface area (Å²) in [5.74, 6) is 0. The SMILES string of the molecule is CCCCCC=CC/C=C\CCCCCCCCOC. The molecule has 0 saturated carbocycles. The zero-order chi connectivity index (χ0) is 14.7. The molecule has 0 unspecified atom stereocenters. The van der Waals surface area contributed by atoms with E-state index >= 15 is 0 Å². The van der Waals surface area contributed by atoms with Crippen molar-refractivity contribution in [2.45, 2.75) is 84.0 Å². The molecule has 0 saturated heterocycles. The smallest absolute Gasteiger partial charge is 0.0462 e. The summed E-state index contributed by atoms with van der Waals surface area (Å²) < 4.78 is 5.05. The van der Waals surface area contributed by atoms with Gasteiger partial charge < -0.3 is 4.74 Å². The van der Waals surface area contributed by atoms with Gasteiger partial charge >= 0.3 is 0 Å². The van der Waals surface area contributed by atoms with Crippen LogP contribution < -0.4 is 0 Å². The van der Waals surface area contributed by atoms with E-state index in [9.17, 15) is 0 Å². The van der Waals surface area contributed by atoms with Crippen LogP contribution in [0.1, 0.15) is 84.0 Å². The molecule has 0 aromatic rings. The predicted molar refractivity (Wildman–Crippen MR) is 91.2 cm³/mol. The van der Waals surface area contributed by atoms with Gasteiger partial charge in [-0.15, -0.1) is 0 Å². The highest BCUT2D eigenvalue weighted by Gasteiger charge is 1.90. The van der Waals surface area contributed by atoms with Crippen LogP contribution in [0.3, 0.4) is 0 Å². The van der Waals surface area contributed by atoms with Gasteiger partial charge in [-0.3, -0.25) is 0 Å². The van der Waals surface area contributed by atoms with Crippen molar-refractivity contribution in [3.63, 3.8) is 0 Å². The van der Waals surface area contributed by atoms with Crippen LogP contribution in [0.5, 0.6) is 0 Å². The molecule has 20 heavy (non-hydrogen) atoms. The summed E-state index contributed by atoms with van der Waals surface area (Å²) in [5, 5.41) is 0. The third kappa shape index (κ3) is 17.4. The van der Waals surface area contributed by atoms with E-state index in [0.717, 1.165) is 13.0 Å². The van der Waals surface area contributed by atoms with Crippen LogP contribution in [0.25, 0.3) is 0 Å². The number of ether oxygens (including phenoxy) is 1. The lowest BCUT2D eigenvalue weighted by molar-refractivity contribution is 0.192. The van der Waals surface area contributed by atoms with Crippen LogP contribution in [0, 0.1) is 0 Å². The van der Waals surface area contributed by atoms with Crippen LogP contribution in [0.2, 0.25) is 0 Å². The first-order valence-corrected chi connectivity index (χ1v) is 8.70. The number of rotatable bonds is 15. The van der Waals surface area contributed by atoms with Crippen LogP contribution in [0.15, 0.2) is 24.3 Å². The molecule has 0 N–H and O–H groups in total. The highest BCUT2D eigenvalue weighted by Crippen LogP contribution is 2.08. The molecule has 0 spiro atoms. The Morgan fingerprint density at radius 3 is 1.80 bits per heavy atom. The summed E-state index contributed by atoms with van der Waals surface area (Å²) in [7, 11) is 1.78. The van der Waals surface area contributed by atoms with Crippen LogP contribution in [0.4, 0.5) is 0 Å². The molecule has 0 amide bonds. The second-order valence-corrected chi connectivity index (χ2v) is 5.58. The standard InChI is InChI=1S/C19H36O/c1-3-4-5-6-7-8-9-10-11-12-13-14-15-16-17-18-19-20-2/h7-8,10-11H,3-6,9,12-19H2,1-2H3/b8-7?,11-10-. The van der Waals surface area contributed by atoms with Crippen LogP contribution in [-0.4, -0.2) is 13.7 Å². The lowest BCUT2D eigenvalue weighted by Crippen LogP contribution is -1.88. The molecule has 0 aliphatic rings. The number of methoxy groups -OCH3 is 1. The zero-order valence-corrected chi connectivity index (χ0v) is 13.9. The van der Waals surface area contributed by atoms with E-state index in [1.54, 1.807) is 7.11 Å². The molecule has 0 rings (SSSR count). The van der Waals surface area contributed by atoms with Gasteiger partial charge in [-0.2, -0.15) is 0 Å². The van der Waals surface area contributed by atoms with E-state index in [0.29, 0.717) is 0 Å². The van der Waals surface area contributed by atoms with E-state index in [4.69, 9.17) is 4.74 Å². The van der Waals surface area contributed by atoms with Gasteiger partial charge in [0.25, 0.3) is 0 Å². The maximum Gasteiger partial charge on any atom is 0.0462 e. The first kappa shape index (κ1) is 19.4. The molecule has 1 heteroatoms. The third-order valence-corrected chi connectivity index (χ3v) is 3.55. The molecule has 0 aromatic heterocycles. The number of allylic oxidation sites excluding steroid dienone is 4. The Morgan fingerprint density at radius 1 is 0.650 bits per heavy atom. The normalized spacial score (nSPS) is 11.9. The maximum absolute atomic E-state index is 5.05. The summed E-state index contributed by atoms with van der Waals surface area (Å²) in [6.07, 6.45) is 25.0. The van der Waals surface area contributed by atoms with Gasteiger partial charge in [0.05, 0.1) is 0 Å². The minimum atomic E-state index is 0.925. The van der Waals surface area contributed by atoms with E-state index in [2.05, 4.69) is 31.2 Å².